The smallest absolute Gasteiger partial charge is 0.341 e. The Hall–Kier alpha value is -2.69. The first-order valence-corrected chi connectivity index (χ1v) is 10.5. The largest absolute Gasteiger partial charge is 0.482 e. The third kappa shape index (κ3) is 5.89. The lowest BCUT2D eigenvalue weighted by atomic mass is 9.98. The first-order valence-electron chi connectivity index (χ1n) is 9.13. The Morgan fingerprint density at radius 3 is 2.48 bits per heavy atom. The number of rotatable bonds is 8. The third-order valence-corrected chi connectivity index (χ3v) is 5.72. The van der Waals surface area contributed by atoms with Gasteiger partial charge in [-0.1, -0.05) is 66.2 Å². The number of halogens is 1. The molecule has 0 spiro atoms. The summed E-state index contributed by atoms with van der Waals surface area (Å²) in [5, 5.41) is 9.45. The van der Waals surface area contributed by atoms with Crippen molar-refractivity contribution < 1.29 is 14.6 Å². The zero-order chi connectivity index (χ0) is 20.6. The van der Waals surface area contributed by atoms with E-state index in [2.05, 4.69) is 18.2 Å². The fourth-order valence-corrected chi connectivity index (χ4v) is 4.03. The molecule has 0 atom stereocenters. The zero-order valence-corrected chi connectivity index (χ0v) is 17.5. The number of carboxylic acids is 1. The van der Waals surface area contributed by atoms with Crippen molar-refractivity contribution in [2.75, 3.05) is 12.4 Å². The Bertz CT molecular complexity index is 1020. The highest BCUT2D eigenvalue weighted by molar-refractivity contribution is 7.99. The Morgan fingerprint density at radius 2 is 1.79 bits per heavy atom. The standard InChI is InChI=1S/C24H21ClO3S/c1-17-15-19(28-16-24(26)27)11-12-23(17)29-14-13-20(18-7-3-2-4-8-18)21-9-5-6-10-22(21)25/h2-13,15H,14,16H2,1H3,(H,26,27). The Balaban J connectivity index is 1.78. The van der Waals surface area contributed by atoms with Crippen molar-refractivity contribution >= 4 is 34.9 Å². The molecule has 0 amide bonds. The molecule has 0 saturated carbocycles. The van der Waals surface area contributed by atoms with Gasteiger partial charge in [-0.25, -0.2) is 4.79 Å². The molecule has 0 aliphatic rings. The molecule has 3 nitrogen and oxygen atoms in total. The van der Waals surface area contributed by atoms with Gasteiger partial charge < -0.3 is 9.84 Å². The lowest BCUT2D eigenvalue weighted by Gasteiger charge is -2.11. The van der Waals surface area contributed by atoms with E-state index < -0.39 is 5.97 Å². The molecule has 148 valence electrons. The van der Waals surface area contributed by atoms with Crippen LogP contribution in [0.2, 0.25) is 5.02 Å². The highest BCUT2D eigenvalue weighted by Gasteiger charge is 2.09. The molecule has 3 aromatic rings. The molecule has 0 heterocycles. The summed E-state index contributed by atoms with van der Waals surface area (Å²) in [5.74, 6) is 0.344. The minimum absolute atomic E-state index is 0.340. The maximum Gasteiger partial charge on any atom is 0.341 e. The van der Waals surface area contributed by atoms with Crippen molar-refractivity contribution in [1.82, 2.24) is 0 Å². The summed E-state index contributed by atoms with van der Waals surface area (Å²) in [5.41, 5.74) is 4.28. The minimum Gasteiger partial charge on any atom is -0.482 e. The zero-order valence-electron chi connectivity index (χ0n) is 16.0. The van der Waals surface area contributed by atoms with Crippen LogP contribution in [0.25, 0.3) is 5.57 Å². The van der Waals surface area contributed by atoms with Crippen LogP contribution in [-0.2, 0) is 4.79 Å². The molecule has 0 unspecified atom stereocenters. The number of carboxylic acid groups (broad SMARTS) is 1. The van der Waals surface area contributed by atoms with Gasteiger partial charge in [-0.15, -0.1) is 11.8 Å². The predicted molar refractivity (Wildman–Crippen MR) is 120 cm³/mol. The molecule has 1 N–H and O–H groups in total. The molecule has 0 fully saturated rings. The number of hydrogen-bond acceptors (Lipinski definition) is 3. The van der Waals surface area contributed by atoms with Gasteiger partial charge in [0.05, 0.1) is 0 Å². The molecule has 0 aliphatic carbocycles. The van der Waals surface area contributed by atoms with E-state index >= 15 is 0 Å². The summed E-state index contributed by atoms with van der Waals surface area (Å²) in [6, 6.07) is 23.7. The molecule has 29 heavy (non-hydrogen) atoms. The molecule has 0 aliphatic heterocycles. The maximum absolute atomic E-state index is 10.6. The summed E-state index contributed by atoms with van der Waals surface area (Å²) >= 11 is 8.17. The molecule has 0 bridgehead atoms. The van der Waals surface area contributed by atoms with E-state index in [1.807, 2.05) is 61.5 Å². The van der Waals surface area contributed by atoms with Crippen molar-refractivity contribution in [3.05, 3.63) is 101 Å². The van der Waals surface area contributed by atoms with E-state index in [4.69, 9.17) is 21.4 Å². The van der Waals surface area contributed by atoms with Gasteiger partial charge in [-0.2, -0.15) is 0 Å². The number of ether oxygens (including phenoxy) is 1. The van der Waals surface area contributed by atoms with Crippen LogP contribution in [0, 0.1) is 6.92 Å². The van der Waals surface area contributed by atoms with Crippen LogP contribution in [0.1, 0.15) is 16.7 Å². The average Bonchev–Trinajstić information content (AvgIpc) is 2.72. The van der Waals surface area contributed by atoms with Crippen molar-refractivity contribution in [3.63, 3.8) is 0 Å². The monoisotopic (exact) mass is 424 g/mol. The van der Waals surface area contributed by atoms with E-state index in [0.717, 1.165) is 37.9 Å². The van der Waals surface area contributed by atoms with E-state index in [-0.39, 0.29) is 6.61 Å². The lowest BCUT2D eigenvalue weighted by molar-refractivity contribution is -0.139. The molecular formula is C24H21ClO3S. The molecular weight excluding hydrogens is 404 g/mol. The van der Waals surface area contributed by atoms with Gasteiger partial charge in [0, 0.05) is 21.2 Å². The molecule has 3 rings (SSSR count). The molecule has 5 heteroatoms. The van der Waals surface area contributed by atoms with E-state index in [0.29, 0.717) is 5.75 Å². The van der Waals surface area contributed by atoms with E-state index in [1.165, 1.54) is 0 Å². The minimum atomic E-state index is -0.987. The van der Waals surface area contributed by atoms with Gasteiger partial charge in [0.1, 0.15) is 5.75 Å². The summed E-state index contributed by atoms with van der Waals surface area (Å²) in [4.78, 5) is 11.8. The number of hydrogen-bond donors (Lipinski definition) is 1. The summed E-state index contributed by atoms with van der Waals surface area (Å²) in [6.45, 7) is 1.65. The second-order valence-corrected chi connectivity index (χ2v) is 7.85. The normalized spacial score (nSPS) is 11.3. The van der Waals surface area contributed by atoms with Gasteiger partial charge in [0.25, 0.3) is 0 Å². The maximum atomic E-state index is 10.6. The van der Waals surface area contributed by atoms with Gasteiger partial charge in [0.2, 0.25) is 0 Å². The van der Waals surface area contributed by atoms with Gasteiger partial charge >= 0.3 is 5.97 Å². The van der Waals surface area contributed by atoms with Gasteiger partial charge in [-0.3, -0.25) is 0 Å². The first kappa shape index (κ1) is 21.0. The third-order valence-electron chi connectivity index (χ3n) is 4.28. The van der Waals surface area contributed by atoms with Crippen LogP contribution in [0.15, 0.2) is 83.8 Å². The Kier molecular flexibility index (Phi) is 7.39. The van der Waals surface area contributed by atoms with Crippen LogP contribution in [-0.4, -0.2) is 23.4 Å². The van der Waals surface area contributed by atoms with Crippen LogP contribution in [0.4, 0.5) is 0 Å². The molecule has 3 aromatic carbocycles. The summed E-state index contributed by atoms with van der Waals surface area (Å²) in [6.07, 6.45) is 2.19. The van der Waals surface area contributed by atoms with Crippen molar-refractivity contribution in [1.29, 1.82) is 0 Å². The van der Waals surface area contributed by atoms with Crippen LogP contribution in [0.3, 0.4) is 0 Å². The number of thioether (sulfide) groups is 1. The highest BCUT2D eigenvalue weighted by atomic mass is 35.5. The Labute approximate surface area is 180 Å². The molecule has 0 aromatic heterocycles. The second-order valence-electron chi connectivity index (χ2n) is 6.38. The topological polar surface area (TPSA) is 46.5 Å². The van der Waals surface area contributed by atoms with Crippen molar-refractivity contribution in [3.8, 4) is 5.75 Å². The number of aryl methyl sites for hydroxylation is 1. The number of aliphatic carboxylic acids is 1. The quantitative estimate of drug-likeness (QED) is 0.429. The lowest BCUT2D eigenvalue weighted by Crippen LogP contribution is -2.09. The second kappa shape index (κ2) is 10.2. The van der Waals surface area contributed by atoms with Crippen LogP contribution < -0.4 is 4.74 Å². The molecule has 0 radical (unpaired) electrons. The summed E-state index contributed by atoms with van der Waals surface area (Å²) in [7, 11) is 0. The van der Waals surface area contributed by atoms with Gasteiger partial charge in [0.15, 0.2) is 6.61 Å². The average molecular weight is 425 g/mol. The highest BCUT2D eigenvalue weighted by Crippen LogP contribution is 2.31. The SMILES string of the molecule is Cc1cc(OCC(=O)O)ccc1SCC=C(c1ccccc1)c1ccccc1Cl. The molecule has 0 saturated heterocycles. The van der Waals surface area contributed by atoms with Crippen LogP contribution >= 0.6 is 23.4 Å². The van der Waals surface area contributed by atoms with Crippen molar-refractivity contribution in [2.45, 2.75) is 11.8 Å². The van der Waals surface area contributed by atoms with Gasteiger partial charge in [-0.05, 0) is 47.9 Å². The number of carbonyl (C=O) groups is 1. The predicted octanol–water partition coefficient (Wildman–Crippen LogP) is 6.34. The summed E-state index contributed by atoms with van der Waals surface area (Å²) < 4.78 is 5.24. The Morgan fingerprint density at radius 1 is 1.07 bits per heavy atom. The van der Waals surface area contributed by atoms with Crippen molar-refractivity contribution in [2.24, 2.45) is 0 Å². The van der Waals surface area contributed by atoms with E-state index in [1.54, 1.807) is 17.8 Å². The van der Waals surface area contributed by atoms with E-state index in [9.17, 15) is 4.79 Å². The van der Waals surface area contributed by atoms with Crippen LogP contribution in [0.5, 0.6) is 5.75 Å². The fourth-order valence-electron chi connectivity index (χ4n) is 2.91. The fraction of sp³-hybridized carbons (Fsp3) is 0.125. The first-order chi connectivity index (χ1) is 14.0. The number of benzene rings is 3.